The molecule has 0 saturated carbocycles. The van der Waals surface area contributed by atoms with E-state index >= 15 is 0 Å². The van der Waals surface area contributed by atoms with E-state index in [0.29, 0.717) is 16.9 Å². The van der Waals surface area contributed by atoms with Gasteiger partial charge in [0.1, 0.15) is 12.2 Å². The highest BCUT2D eigenvalue weighted by molar-refractivity contribution is 5.42. The minimum atomic E-state index is -0.373. The number of aromatic nitrogens is 10. The molecule has 0 bridgehead atoms. The second-order valence-electron chi connectivity index (χ2n) is 12.6. The van der Waals surface area contributed by atoms with Gasteiger partial charge in [-0.25, -0.2) is 13.9 Å². The molecule has 4 atom stereocenters. The molecular weight excluding hydrogens is 673 g/mol. The summed E-state index contributed by atoms with van der Waals surface area (Å²) in [6.07, 6.45) is 18.2. The molecule has 54 heavy (non-hydrogen) atoms. The fourth-order valence-electron chi connectivity index (χ4n) is 7.06. The van der Waals surface area contributed by atoms with Crippen molar-refractivity contribution in [3.63, 3.8) is 0 Å². The van der Waals surface area contributed by atoms with Crippen LogP contribution in [0.1, 0.15) is 68.6 Å². The zero-order valence-corrected chi connectivity index (χ0v) is 28.8. The van der Waals surface area contributed by atoms with Crippen molar-refractivity contribution in [3.8, 4) is 18.0 Å². The molecule has 4 unspecified atom stereocenters. The fourth-order valence-corrected chi connectivity index (χ4v) is 7.06. The normalized spacial score (nSPS) is 13.2. The summed E-state index contributed by atoms with van der Waals surface area (Å²) in [5, 5.41) is 36.6. The van der Waals surface area contributed by atoms with Gasteiger partial charge in [-0.05, 0) is 76.3 Å². The Morgan fingerprint density at radius 2 is 1.24 bits per heavy atom. The third kappa shape index (κ3) is 6.83. The fraction of sp³-hybridized carbons (Fsp3) is 0.0952. The quantitative estimate of drug-likeness (QED) is 0.150. The maximum atomic E-state index is 9.83. The minimum absolute atomic E-state index is 0.272. The van der Waals surface area contributed by atoms with Crippen molar-refractivity contribution >= 4 is 0 Å². The van der Waals surface area contributed by atoms with Crippen LogP contribution >= 0.6 is 0 Å². The molecule has 6 aromatic heterocycles. The monoisotopic (exact) mass is 703 g/mol. The molecule has 0 fully saturated rings. The summed E-state index contributed by atoms with van der Waals surface area (Å²) in [7, 11) is 0. The van der Waals surface area contributed by atoms with E-state index in [4.69, 9.17) is 9.97 Å². The lowest BCUT2D eigenvalue weighted by Crippen LogP contribution is -2.33. The molecule has 2 aromatic carbocycles. The highest BCUT2D eigenvalue weighted by Gasteiger charge is 2.33. The van der Waals surface area contributed by atoms with Crippen molar-refractivity contribution < 1.29 is 4.57 Å². The lowest BCUT2D eigenvalue weighted by Gasteiger charge is -2.28. The number of pyridine rings is 4. The van der Waals surface area contributed by atoms with Crippen LogP contribution in [0.25, 0.3) is 5.82 Å². The van der Waals surface area contributed by atoms with E-state index in [-0.39, 0.29) is 23.9 Å². The number of hydrogen-bond donors (Lipinski definition) is 0. The molecule has 0 aliphatic rings. The van der Waals surface area contributed by atoms with Gasteiger partial charge in [0.15, 0.2) is 0 Å². The van der Waals surface area contributed by atoms with Gasteiger partial charge in [-0.2, -0.15) is 10.5 Å². The summed E-state index contributed by atoms with van der Waals surface area (Å²) in [5.74, 6) is 0.129. The topological polar surface area (TPSA) is 152 Å². The summed E-state index contributed by atoms with van der Waals surface area (Å²) < 4.78 is 5.61. The molecule has 8 aromatic rings. The van der Waals surface area contributed by atoms with Crippen LogP contribution in [-0.2, 0) is 0 Å². The first-order valence-electron chi connectivity index (χ1n) is 17.2. The zero-order valence-electron chi connectivity index (χ0n) is 28.8. The highest BCUT2D eigenvalue weighted by atomic mass is 15.4. The average molecular weight is 704 g/mol. The molecular formula is C42H31N12+. The lowest BCUT2D eigenvalue weighted by atomic mass is 9.82. The van der Waals surface area contributed by atoms with E-state index < -0.39 is 0 Å². The molecule has 0 amide bonds. The van der Waals surface area contributed by atoms with E-state index in [9.17, 15) is 10.5 Å². The molecule has 0 spiro atoms. The Kier molecular flexibility index (Phi) is 9.46. The first-order valence-corrected chi connectivity index (χ1v) is 17.2. The second-order valence-corrected chi connectivity index (χ2v) is 12.6. The largest absolute Gasteiger partial charge is 0.327 e. The Hall–Kier alpha value is -7.70. The maximum absolute atomic E-state index is 9.83. The van der Waals surface area contributed by atoms with Gasteiger partial charge in [0.2, 0.25) is 0 Å². The first-order chi connectivity index (χ1) is 26.7. The van der Waals surface area contributed by atoms with Crippen LogP contribution in [0.15, 0.2) is 165 Å². The van der Waals surface area contributed by atoms with Crippen molar-refractivity contribution in [2.75, 3.05) is 0 Å². The molecule has 0 aliphatic carbocycles. The molecule has 0 N–H and O–H groups in total. The highest BCUT2D eigenvalue weighted by Crippen LogP contribution is 2.40. The van der Waals surface area contributed by atoms with Crippen LogP contribution < -0.4 is 4.57 Å². The smallest absolute Gasteiger partial charge is 0.264 e. The van der Waals surface area contributed by atoms with Crippen molar-refractivity contribution in [1.82, 2.24) is 44.9 Å². The van der Waals surface area contributed by atoms with Crippen LogP contribution in [0.3, 0.4) is 0 Å². The molecule has 0 radical (unpaired) electrons. The number of nitriles is 2. The standard InChI is InChI=1S/C42H31N12/c43-25-30-7-3-9-32(23-30)39(42(54-22-19-49-51-54)37-13-1-2-17-46-37)36-12-6-20-52(29-36)38-15-14-35(28-47-38)40(34-11-5-16-45-27-34)41(53-21-18-48-50-53)33-10-4-8-31(24-33)26-44/h1-24,27-29,39-42H/q+1. The first kappa shape index (κ1) is 33.4. The molecule has 12 nitrogen and oxygen atoms in total. The molecule has 0 aliphatic heterocycles. The second kappa shape index (κ2) is 15.3. The van der Waals surface area contributed by atoms with E-state index in [1.54, 1.807) is 36.9 Å². The van der Waals surface area contributed by atoms with E-state index in [2.05, 4.69) is 56.1 Å². The summed E-state index contributed by atoms with van der Waals surface area (Å²) in [4.78, 5) is 14.2. The van der Waals surface area contributed by atoms with Crippen molar-refractivity contribution in [2.24, 2.45) is 0 Å². The van der Waals surface area contributed by atoms with Crippen LogP contribution in [0.4, 0.5) is 0 Å². The Morgan fingerprint density at radius 1 is 0.556 bits per heavy atom. The number of benzene rings is 2. The summed E-state index contributed by atoms with van der Waals surface area (Å²) in [6.45, 7) is 0. The van der Waals surface area contributed by atoms with Crippen molar-refractivity contribution in [1.29, 1.82) is 10.5 Å². The third-order valence-corrected chi connectivity index (χ3v) is 9.43. The van der Waals surface area contributed by atoms with Gasteiger partial charge < -0.3 is 0 Å². The third-order valence-electron chi connectivity index (χ3n) is 9.43. The Bertz CT molecular complexity index is 2540. The van der Waals surface area contributed by atoms with Crippen LogP contribution in [0, 0.1) is 22.7 Å². The van der Waals surface area contributed by atoms with Gasteiger partial charge in [-0.1, -0.05) is 52.9 Å². The van der Waals surface area contributed by atoms with E-state index in [1.807, 2.05) is 124 Å². The number of nitrogens with zero attached hydrogens (tertiary/aromatic N) is 12. The Balaban J connectivity index is 1.22. The minimum Gasteiger partial charge on any atom is -0.264 e. The Morgan fingerprint density at radius 3 is 1.89 bits per heavy atom. The van der Waals surface area contributed by atoms with E-state index in [1.165, 1.54) is 0 Å². The summed E-state index contributed by atoms with van der Waals surface area (Å²) in [6, 6.07) is 36.9. The van der Waals surface area contributed by atoms with Crippen molar-refractivity contribution in [3.05, 3.63) is 210 Å². The van der Waals surface area contributed by atoms with Gasteiger partial charge in [-0.3, -0.25) is 9.97 Å². The molecule has 0 saturated heterocycles. The number of hydrogen-bond acceptors (Lipinski definition) is 9. The molecule has 258 valence electrons. The predicted molar refractivity (Wildman–Crippen MR) is 197 cm³/mol. The summed E-state index contributed by atoms with van der Waals surface area (Å²) >= 11 is 0. The SMILES string of the molecule is N#Cc1cccc(C(c2ccc[n+](-c3ccc(C(c4cccnc4)C(c4cccc(C#N)c4)n4ccnn4)cn3)c2)C(c2ccccn2)n2ccnn2)c1. The number of rotatable bonds is 11. The van der Waals surface area contributed by atoms with Gasteiger partial charge >= 0.3 is 5.82 Å². The summed E-state index contributed by atoms with van der Waals surface area (Å²) in [5.41, 5.74) is 6.60. The van der Waals surface area contributed by atoms with Crippen LogP contribution in [-0.4, -0.2) is 44.9 Å². The van der Waals surface area contributed by atoms with Gasteiger partial charge in [0.25, 0.3) is 0 Å². The molecule has 6 heterocycles. The predicted octanol–water partition coefficient (Wildman–Crippen LogP) is 5.92. The Labute approximate surface area is 310 Å². The van der Waals surface area contributed by atoms with Gasteiger partial charge in [-0.15, -0.1) is 10.2 Å². The van der Waals surface area contributed by atoms with Crippen molar-refractivity contribution in [2.45, 2.75) is 23.9 Å². The van der Waals surface area contributed by atoms with Crippen LogP contribution in [0.5, 0.6) is 0 Å². The average Bonchev–Trinajstić information content (AvgIpc) is 3.99. The lowest BCUT2D eigenvalue weighted by molar-refractivity contribution is -0.600. The molecule has 8 rings (SSSR count). The van der Waals surface area contributed by atoms with Gasteiger partial charge in [0.05, 0.1) is 59.8 Å². The maximum Gasteiger partial charge on any atom is 0.327 e. The zero-order chi connectivity index (χ0) is 36.7. The van der Waals surface area contributed by atoms with E-state index in [0.717, 1.165) is 33.5 Å². The van der Waals surface area contributed by atoms with Crippen LogP contribution in [0.2, 0.25) is 0 Å². The molecule has 12 heteroatoms. The van der Waals surface area contributed by atoms with Gasteiger partial charge in [0, 0.05) is 60.0 Å².